The van der Waals surface area contributed by atoms with Crippen LogP contribution < -0.4 is 15.0 Å². The second-order valence-corrected chi connectivity index (χ2v) is 7.52. The fourth-order valence-corrected chi connectivity index (χ4v) is 4.19. The predicted molar refractivity (Wildman–Crippen MR) is 107 cm³/mol. The van der Waals surface area contributed by atoms with Crippen molar-refractivity contribution in [3.63, 3.8) is 0 Å². The number of fused-ring (bicyclic) bond motifs is 2. The van der Waals surface area contributed by atoms with Crippen LogP contribution in [0, 0.1) is 0 Å². The third-order valence-corrected chi connectivity index (χ3v) is 5.71. The molecule has 3 heterocycles. The van der Waals surface area contributed by atoms with Crippen LogP contribution in [0.2, 0.25) is 0 Å². The molecule has 0 spiro atoms. The SMILES string of the molecule is O=C(c1ccncc1)N(Cc1cc2cc3c(cc2[nH]c1=O)OCO3)C1CCCC1. The number of carbonyl (C=O) groups excluding carboxylic acids is 1. The molecule has 0 saturated heterocycles. The summed E-state index contributed by atoms with van der Waals surface area (Å²) in [6.45, 7) is 0.449. The quantitative estimate of drug-likeness (QED) is 0.738. The molecule has 7 heteroatoms. The minimum absolute atomic E-state index is 0.0653. The standard InChI is InChI=1S/C22H21N3O4/c26-21-16(9-15-10-19-20(29-13-28-19)11-18(15)24-21)12-25(17-3-1-2-4-17)22(27)14-5-7-23-8-6-14/h5-11,17H,1-4,12-13H2,(H,24,26). The number of nitrogens with one attached hydrogen (secondary N) is 1. The molecule has 7 nitrogen and oxygen atoms in total. The van der Waals surface area contributed by atoms with Crippen molar-refractivity contribution in [2.24, 2.45) is 0 Å². The molecule has 0 radical (unpaired) electrons. The summed E-state index contributed by atoms with van der Waals surface area (Å²) >= 11 is 0. The molecule has 1 N–H and O–H groups in total. The second-order valence-electron chi connectivity index (χ2n) is 7.52. The number of hydrogen-bond acceptors (Lipinski definition) is 5. The predicted octanol–water partition coefficient (Wildman–Crippen LogP) is 3.24. The van der Waals surface area contributed by atoms with Crippen molar-refractivity contribution in [1.29, 1.82) is 0 Å². The third-order valence-electron chi connectivity index (χ3n) is 5.71. The molecule has 1 saturated carbocycles. The lowest BCUT2D eigenvalue weighted by Crippen LogP contribution is -2.39. The molecule has 0 atom stereocenters. The average molecular weight is 391 g/mol. The van der Waals surface area contributed by atoms with Gasteiger partial charge >= 0.3 is 0 Å². The van der Waals surface area contributed by atoms with Crippen LogP contribution in [0.15, 0.2) is 47.5 Å². The summed E-state index contributed by atoms with van der Waals surface area (Å²) in [5.74, 6) is 1.22. The van der Waals surface area contributed by atoms with Crippen LogP contribution in [0.4, 0.5) is 0 Å². The number of pyridine rings is 2. The third kappa shape index (κ3) is 3.33. The van der Waals surface area contributed by atoms with Gasteiger partial charge in [0.05, 0.1) is 12.1 Å². The number of aromatic amines is 1. The van der Waals surface area contributed by atoms with Crippen LogP contribution in [0.5, 0.6) is 11.5 Å². The zero-order chi connectivity index (χ0) is 19.8. The number of ether oxygens (including phenoxy) is 2. The highest BCUT2D eigenvalue weighted by Crippen LogP contribution is 2.35. The first kappa shape index (κ1) is 17.7. The second kappa shape index (κ2) is 7.24. The van der Waals surface area contributed by atoms with Crippen molar-refractivity contribution in [1.82, 2.24) is 14.9 Å². The van der Waals surface area contributed by atoms with E-state index < -0.39 is 0 Å². The van der Waals surface area contributed by atoms with Crippen molar-refractivity contribution >= 4 is 16.8 Å². The zero-order valence-electron chi connectivity index (χ0n) is 15.9. The van der Waals surface area contributed by atoms with Gasteiger partial charge in [0.25, 0.3) is 11.5 Å². The maximum absolute atomic E-state index is 13.2. The number of nitrogens with zero attached hydrogens (tertiary/aromatic N) is 2. The molecule has 148 valence electrons. The average Bonchev–Trinajstić information content (AvgIpc) is 3.42. The van der Waals surface area contributed by atoms with Gasteiger partial charge in [0, 0.05) is 41.0 Å². The lowest BCUT2D eigenvalue weighted by molar-refractivity contribution is 0.0663. The van der Waals surface area contributed by atoms with Gasteiger partial charge in [-0.25, -0.2) is 0 Å². The maximum atomic E-state index is 13.2. The summed E-state index contributed by atoms with van der Waals surface area (Å²) in [6.07, 6.45) is 7.35. The fourth-order valence-electron chi connectivity index (χ4n) is 4.19. The summed E-state index contributed by atoms with van der Waals surface area (Å²) in [7, 11) is 0. The van der Waals surface area contributed by atoms with E-state index in [0.29, 0.717) is 28.1 Å². The molecule has 1 amide bonds. The van der Waals surface area contributed by atoms with Crippen LogP contribution >= 0.6 is 0 Å². The van der Waals surface area contributed by atoms with Gasteiger partial charge in [0.1, 0.15) is 0 Å². The van der Waals surface area contributed by atoms with Crippen molar-refractivity contribution in [2.45, 2.75) is 38.3 Å². The molecule has 1 aliphatic heterocycles. The molecular weight excluding hydrogens is 370 g/mol. The van der Waals surface area contributed by atoms with E-state index in [0.717, 1.165) is 31.1 Å². The number of hydrogen-bond donors (Lipinski definition) is 1. The summed E-state index contributed by atoms with van der Waals surface area (Å²) in [6, 6.07) is 9.06. The van der Waals surface area contributed by atoms with E-state index in [2.05, 4.69) is 9.97 Å². The molecule has 0 unspecified atom stereocenters. The van der Waals surface area contributed by atoms with Crippen molar-refractivity contribution in [3.05, 3.63) is 64.2 Å². The van der Waals surface area contributed by atoms with Crippen LogP contribution in [0.25, 0.3) is 10.9 Å². The van der Waals surface area contributed by atoms with Gasteiger partial charge in [-0.05, 0) is 37.1 Å². The highest BCUT2D eigenvalue weighted by molar-refractivity contribution is 5.94. The Bertz CT molecular complexity index is 1120. The molecule has 2 aromatic heterocycles. The summed E-state index contributed by atoms with van der Waals surface area (Å²) in [5.41, 5.74) is 1.65. The number of carbonyl (C=O) groups is 1. The van der Waals surface area contributed by atoms with Crippen molar-refractivity contribution < 1.29 is 14.3 Å². The monoisotopic (exact) mass is 391 g/mol. The first-order chi connectivity index (χ1) is 14.2. The van der Waals surface area contributed by atoms with Crippen LogP contribution in [-0.4, -0.2) is 33.6 Å². The molecule has 0 bridgehead atoms. The Morgan fingerprint density at radius 2 is 1.83 bits per heavy atom. The largest absolute Gasteiger partial charge is 0.454 e. The first-order valence-corrected chi connectivity index (χ1v) is 9.85. The summed E-state index contributed by atoms with van der Waals surface area (Å²) < 4.78 is 10.8. The van der Waals surface area contributed by atoms with E-state index in [1.165, 1.54) is 0 Å². The van der Waals surface area contributed by atoms with Crippen molar-refractivity contribution in [2.75, 3.05) is 6.79 Å². The van der Waals surface area contributed by atoms with E-state index in [-0.39, 0.29) is 30.8 Å². The van der Waals surface area contributed by atoms with Gasteiger partial charge in [0.15, 0.2) is 11.5 Å². The van der Waals surface area contributed by atoms with Gasteiger partial charge in [-0.3, -0.25) is 14.6 Å². The molecule has 2 aliphatic rings. The number of amides is 1. The van der Waals surface area contributed by atoms with Crippen molar-refractivity contribution in [3.8, 4) is 11.5 Å². The summed E-state index contributed by atoms with van der Waals surface area (Å²) in [5, 5.41) is 0.853. The van der Waals surface area contributed by atoms with E-state index in [4.69, 9.17) is 9.47 Å². The highest BCUT2D eigenvalue weighted by Gasteiger charge is 2.28. The number of aromatic nitrogens is 2. The number of H-pyrrole nitrogens is 1. The lowest BCUT2D eigenvalue weighted by atomic mass is 10.1. The van der Waals surface area contributed by atoms with Gasteiger partial charge in [0.2, 0.25) is 6.79 Å². The Morgan fingerprint density at radius 3 is 2.59 bits per heavy atom. The normalized spacial score (nSPS) is 15.7. The Morgan fingerprint density at radius 1 is 1.10 bits per heavy atom. The minimum Gasteiger partial charge on any atom is -0.454 e. The zero-order valence-corrected chi connectivity index (χ0v) is 15.9. The highest BCUT2D eigenvalue weighted by atomic mass is 16.7. The molecule has 1 aromatic carbocycles. The van der Waals surface area contributed by atoms with E-state index >= 15 is 0 Å². The molecule has 3 aromatic rings. The lowest BCUT2D eigenvalue weighted by Gasteiger charge is -2.29. The maximum Gasteiger partial charge on any atom is 0.254 e. The van der Waals surface area contributed by atoms with E-state index in [1.54, 1.807) is 30.6 Å². The van der Waals surface area contributed by atoms with Crippen LogP contribution in [-0.2, 0) is 6.54 Å². The molecule has 1 fully saturated rings. The van der Waals surface area contributed by atoms with Gasteiger partial charge in [-0.15, -0.1) is 0 Å². The van der Waals surface area contributed by atoms with Gasteiger partial charge in [-0.2, -0.15) is 0 Å². The van der Waals surface area contributed by atoms with Gasteiger partial charge < -0.3 is 19.4 Å². The fraction of sp³-hybridized carbons (Fsp3) is 0.318. The van der Waals surface area contributed by atoms with Crippen LogP contribution in [0.1, 0.15) is 41.6 Å². The van der Waals surface area contributed by atoms with Crippen LogP contribution in [0.3, 0.4) is 0 Å². The first-order valence-electron chi connectivity index (χ1n) is 9.85. The Labute approximate surface area is 167 Å². The molecule has 5 rings (SSSR count). The smallest absolute Gasteiger partial charge is 0.254 e. The summed E-state index contributed by atoms with van der Waals surface area (Å²) in [4.78, 5) is 34.7. The Balaban J connectivity index is 1.51. The van der Waals surface area contributed by atoms with E-state index in [1.807, 2.05) is 17.0 Å². The number of benzene rings is 1. The Hall–Kier alpha value is -3.35. The number of rotatable bonds is 4. The van der Waals surface area contributed by atoms with E-state index in [9.17, 15) is 9.59 Å². The molecule has 29 heavy (non-hydrogen) atoms. The molecular formula is C22H21N3O4. The topological polar surface area (TPSA) is 84.5 Å². The molecule has 1 aliphatic carbocycles. The minimum atomic E-state index is -0.193. The van der Waals surface area contributed by atoms with Gasteiger partial charge in [-0.1, -0.05) is 12.8 Å². The Kier molecular flexibility index (Phi) is 4.42.